The van der Waals surface area contributed by atoms with E-state index < -0.39 is 0 Å². The van der Waals surface area contributed by atoms with E-state index in [0.717, 1.165) is 22.6 Å². The van der Waals surface area contributed by atoms with Gasteiger partial charge in [0.25, 0.3) is 5.56 Å². The molecule has 2 N–H and O–H groups in total. The highest BCUT2D eigenvalue weighted by Crippen LogP contribution is 2.11. The normalized spacial score (nSPS) is 10.5. The maximum absolute atomic E-state index is 11.9. The van der Waals surface area contributed by atoms with E-state index in [9.17, 15) is 9.59 Å². The lowest BCUT2D eigenvalue weighted by molar-refractivity contribution is -0.126. The third-order valence-corrected chi connectivity index (χ3v) is 3.62. The van der Waals surface area contributed by atoms with Crippen LogP contribution in [0, 0.1) is 13.8 Å². The number of nitrogens with one attached hydrogen (secondary N) is 2. The first kappa shape index (κ1) is 17.7. The quantitative estimate of drug-likeness (QED) is 0.812. The first-order valence-electron chi connectivity index (χ1n) is 7.66. The molecule has 6 nitrogen and oxygen atoms in total. The molecular formula is C18H22N2O4. The third kappa shape index (κ3) is 4.96. The maximum atomic E-state index is 11.9. The lowest BCUT2D eigenvalue weighted by Gasteiger charge is -2.09. The van der Waals surface area contributed by atoms with Crippen molar-refractivity contribution in [2.45, 2.75) is 27.0 Å². The minimum absolute atomic E-state index is 0.0607. The Labute approximate surface area is 140 Å². The van der Waals surface area contributed by atoms with E-state index in [0.29, 0.717) is 12.2 Å². The van der Waals surface area contributed by atoms with Crippen LogP contribution in [-0.4, -0.2) is 24.6 Å². The fourth-order valence-electron chi connectivity index (χ4n) is 2.32. The van der Waals surface area contributed by atoms with Crippen LogP contribution < -0.4 is 15.6 Å². The number of benzene rings is 1. The van der Waals surface area contributed by atoms with Gasteiger partial charge in [-0.25, -0.2) is 0 Å². The lowest BCUT2D eigenvalue weighted by Crippen LogP contribution is -2.30. The number of aromatic amines is 1. The first-order chi connectivity index (χ1) is 11.5. The molecule has 0 saturated carbocycles. The molecule has 0 radical (unpaired) electrons. The average molecular weight is 330 g/mol. The number of pyridine rings is 1. The van der Waals surface area contributed by atoms with E-state index in [1.807, 2.05) is 44.2 Å². The van der Waals surface area contributed by atoms with Crippen molar-refractivity contribution in [1.29, 1.82) is 0 Å². The van der Waals surface area contributed by atoms with E-state index in [1.54, 1.807) is 7.11 Å². The van der Waals surface area contributed by atoms with Gasteiger partial charge in [0.15, 0.2) is 0 Å². The second-order valence-corrected chi connectivity index (χ2v) is 5.56. The zero-order chi connectivity index (χ0) is 17.5. The number of rotatable bonds is 7. The van der Waals surface area contributed by atoms with Crippen molar-refractivity contribution < 1.29 is 14.3 Å². The van der Waals surface area contributed by atoms with E-state index >= 15 is 0 Å². The molecule has 1 amide bonds. The summed E-state index contributed by atoms with van der Waals surface area (Å²) >= 11 is 0. The summed E-state index contributed by atoms with van der Waals surface area (Å²) in [7, 11) is 1.61. The van der Waals surface area contributed by atoms with E-state index in [4.69, 9.17) is 9.47 Å². The summed E-state index contributed by atoms with van der Waals surface area (Å²) in [5.74, 6) is 0.512. The zero-order valence-electron chi connectivity index (χ0n) is 14.1. The molecular weight excluding hydrogens is 308 g/mol. The van der Waals surface area contributed by atoms with Crippen molar-refractivity contribution in [2.75, 3.05) is 13.7 Å². The van der Waals surface area contributed by atoms with E-state index in [1.165, 1.54) is 0 Å². The highest BCUT2D eigenvalue weighted by molar-refractivity contribution is 5.77. The van der Waals surface area contributed by atoms with Gasteiger partial charge < -0.3 is 19.8 Å². The standard InChI is InChI=1S/C18H22N2O4/c1-12-8-13(2)20-18(22)16(12)9-19-17(21)11-24-10-14-4-6-15(23-3)7-5-14/h4-8H,9-11H2,1-3H3,(H,19,21)(H,20,22). The molecule has 1 aromatic carbocycles. The van der Waals surface area contributed by atoms with Crippen molar-refractivity contribution >= 4 is 5.91 Å². The Morgan fingerprint density at radius 2 is 1.92 bits per heavy atom. The van der Waals surface area contributed by atoms with Gasteiger partial charge in [-0.15, -0.1) is 0 Å². The molecule has 0 spiro atoms. The predicted octanol–water partition coefficient (Wildman–Crippen LogP) is 1.83. The topological polar surface area (TPSA) is 80.4 Å². The molecule has 2 aromatic rings. The monoisotopic (exact) mass is 330 g/mol. The molecule has 0 atom stereocenters. The zero-order valence-corrected chi connectivity index (χ0v) is 14.1. The SMILES string of the molecule is COc1ccc(COCC(=O)NCc2c(C)cc(C)[nH]c2=O)cc1. The minimum Gasteiger partial charge on any atom is -0.497 e. The average Bonchev–Trinajstić information content (AvgIpc) is 2.54. The molecule has 0 saturated heterocycles. The van der Waals surface area contributed by atoms with Gasteiger partial charge in [-0.05, 0) is 43.2 Å². The van der Waals surface area contributed by atoms with Crippen molar-refractivity contribution in [3.05, 3.63) is 63.1 Å². The van der Waals surface area contributed by atoms with Crippen LogP contribution in [0.2, 0.25) is 0 Å². The molecule has 0 aliphatic heterocycles. The summed E-state index contributed by atoms with van der Waals surface area (Å²) in [6, 6.07) is 9.32. The minimum atomic E-state index is -0.261. The largest absolute Gasteiger partial charge is 0.497 e. The van der Waals surface area contributed by atoms with Crippen molar-refractivity contribution in [1.82, 2.24) is 10.3 Å². The first-order valence-corrected chi connectivity index (χ1v) is 7.66. The Bertz CT molecular complexity index is 751. The summed E-state index contributed by atoms with van der Waals surface area (Å²) < 4.78 is 10.5. The molecule has 0 unspecified atom stereocenters. The summed E-state index contributed by atoms with van der Waals surface area (Å²) in [5, 5.41) is 2.70. The molecule has 0 aliphatic carbocycles. The predicted molar refractivity (Wildman–Crippen MR) is 91.0 cm³/mol. The van der Waals surface area contributed by atoms with Gasteiger partial charge in [-0.3, -0.25) is 9.59 Å². The number of aromatic nitrogens is 1. The van der Waals surface area contributed by atoms with Crippen LogP contribution in [-0.2, 0) is 22.7 Å². The number of methoxy groups -OCH3 is 1. The van der Waals surface area contributed by atoms with Gasteiger partial charge in [0, 0.05) is 17.8 Å². The van der Waals surface area contributed by atoms with Crippen LogP contribution in [0.25, 0.3) is 0 Å². The highest BCUT2D eigenvalue weighted by Gasteiger charge is 2.08. The van der Waals surface area contributed by atoms with Crippen LogP contribution in [0.5, 0.6) is 5.75 Å². The molecule has 0 fully saturated rings. The van der Waals surface area contributed by atoms with Crippen LogP contribution in [0.3, 0.4) is 0 Å². The van der Waals surface area contributed by atoms with Crippen molar-refractivity contribution in [2.24, 2.45) is 0 Å². The van der Waals surface area contributed by atoms with Gasteiger partial charge in [-0.2, -0.15) is 0 Å². The number of H-pyrrole nitrogens is 1. The molecule has 0 aliphatic rings. The highest BCUT2D eigenvalue weighted by atomic mass is 16.5. The molecule has 1 aromatic heterocycles. The summed E-state index contributed by atoms with van der Waals surface area (Å²) in [4.78, 5) is 26.4. The van der Waals surface area contributed by atoms with Crippen molar-refractivity contribution in [3.63, 3.8) is 0 Å². The number of hydrogen-bond acceptors (Lipinski definition) is 4. The Balaban J connectivity index is 1.78. The third-order valence-electron chi connectivity index (χ3n) is 3.62. The lowest BCUT2D eigenvalue weighted by atomic mass is 10.1. The Morgan fingerprint density at radius 3 is 2.54 bits per heavy atom. The number of amides is 1. The van der Waals surface area contributed by atoms with Gasteiger partial charge in [0.1, 0.15) is 12.4 Å². The number of aryl methyl sites for hydroxylation is 2. The van der Waals surface area contributed by atoms with E-state index in [2.05, 4.69) is 10.3 Å². The molecule has 1 heterocycles. The molecule has 128 valence electrons. The summed E-state index contributed by atoms with van der Waals surface area (Å²) in [5.41, 5.74) is 3.00. The van der Waals surface area contributed by atoms with Crippen LogP contribution in [0.4, 0.5) is 0 Å². The molecule has 2 rings (SSSR count). The smallest absolute Gasteiger partial charge is 0.253 e. The summed E-state index contributed by atoms with van der Waals surface area (Å²) in [6.45, 7) is 4.14. The second kappa shape index (κ2) is 8.31. The van der Waals surface area contributed by atoms with Gasteiger partial charge in [0.2, 0.25) is 5.91 Å². The number of ether oxygens (including phenoxy) is 2. The maximum Gasteiger partial charge on any atom is 0.253 e. The molecule has 0 bridgehead atoms. The molecule has 6 heteroatoms. The van der Waals surface area contributed by atoms with Gasteiger partial charge in [0.05, 0.1) is 13.7 Å². The summed E-state index contributed by atoms with van der Waals surface area (Å²) in [6.07, 6.45) is 0. The van der Waals surface area contributed by atoms with Crippen LogP contribution >= 0.6 is 0 Å². The fraction of sp³-hybridized carbons (Fsp3) is 0.333. The van der Waals surface area contributed by atoms with Crippen LogP contribution in [0.1, 0.15) is 22.4 Å². The van der Waals surface area contributed by atoms with E-state index in [-0.39, 0.29) is 24.6 Å². The number of hydrogen-bond donors (Lipinski definition) is 2. The number of carbonyl (C=O) groups is 1. The van der Waals surface area contributed by atoms with Gasteiger partial charge in [-0.1, -0.05) is 12.1 Å². The fourth-order valence-corrected chi connectivity index (χ4v) is 2.32. The second-order valence-electron chi connectivity index (χ2n) is 5.56. The Kier molecular flexibility index (Phi) is 6.14. The molecule has 24 heavy (non-hydrogen) atoms. The van der Waals surface area contributed by atoms with Crippen LogP contribution in [0.15, 0.2) is 35.1 Å². The van der Waals surface area contributed by atoms with Gasteiger partial charge >= 0.3 is 0 Å². The van der Waals surface area contributed by atoms with Crippen molar-refractivity contribution in [3.8, 4) is 5.75 Å². The Morgan fingerprint density at radius 1 is 1.21 bits per heavy atom. The number of carbonyl (C=O) groups excluding carboxylic acids is 1. The Hall–Kier alpha value is -2.60.